The van der Waals surface area contributed by atoms with Crippen molar-refractivity contribution >= 4 is 22.8 Å². The van der Waals surface area contributed by atoms with Crippen LogP contribution >= 0.6 is 11.8 Å². The molecule has 0 spiro atoms. The van der Waals surface area contributed by atoms with Crippen molar-refractivity contribution in [1.29, 1.82) is 0 Å². The molecule has 10 heteroatoms. The van der Waals surface area contributed by atoms with Crippen LogP contribution in [-0.2, 0) is 13.0 Å². The summed E-state index contributed by atoms with van der Waals surface area (Å²) in [7, 11) is 0. The molecule has 4 aromatic rings. The molecule has 0 fully saturated rings. The van der Waals surface area contributed by atoms with E-state index in [0.29, 0.717) is 12.0 Å². The van der Waals surface area contributed by atoms with E-state index in [9.17, 15) is 17.6 Å². The quantitative estimate of drug-likeness (QED) is 0.169. The number of benzene rings is 2. The monoisotopic (exact) mass is 521 g/mol. The third kappa shape index (κ3) is 5.69. The second-order valence-corrected chi connectivity index (χ2v) is 9.77. The maximum Gasteiger partial charge on any atom is 0.573 e. The van der Waals surface area contributed by atoms with E-state index in [0.717, 1.165) is 70.3 Å². The van der Waals surface area contributed by atoms with E-state index in [1.54, 1.807) is 11.8 Å². The predicted molar refractivity (Wildman–Crippen MR) is 133 cm³/mol. The highest BCUT2D eigenvalue weighted by atomic mass is 32.2. The van der Waals surface area contributed by atoms with Crippen molar-refractivity contribution < 1.29 is 26.8 Å². The smallest absolute Gasteiger partial charge is 0.403 e. The van der Waals surface area contributed by atoms with Gasteiger partial charge in [0.25, 0.3) is 0 Å². The number of alkyl halides is 3. The normalized spacial score (nSPS) is 12.9. The highest BCUT2D eigenvalue weighted by Gasteiger charge is 2.32. The molecule has 5 nitrogen and oxygen atoms in total. The molecule has 0 bridgehead atoms. The van der Waals surface area contributed by atoms with Crippen LogP contribution in [0.5, 0.6) is 5.75 Å². The molecule has 1 atom stereocenters. The Morgan fingerprint density at radius 3 is 2.56 bits per heavy atom. The minimum Gasteiger partial charge on any atom is -0.403 e. The third-order valence-electron chi connectivity index (χ3n) is 6.03. The van der Waals surface area contributed by atoms with Crippen molar-refractivity contribution in [2.24, 2.45) is 0 Å². The van der Waals surface area contributed by atoms with Gasteiger partial charge in [-0.1, -0.05) is 24.2 Å². The molecule has 2 heterocycles. The first-order chi connectivity index (χ1) is 17.1. The van der Waals surface area contributed by atoms with Crippen LogP contribution in [0.25, 0.3) is 22.2 Å². The van der Waals surface area contributed by atoms with E-state index in [4.69, 9.17) is 9.51 Å². The number of aromatic nitrogens is 3. The van der Waals surface area contributed by atoms with Crippen LogP contribution in [0.3, 0.4) is 0 Å². The van der Waals surface area contributed by atoms with Gasteiger partial charge in [-0.2, -0.15) is 11.8 Å². The standard InChI is InChI=1S/C26H27F4N3O2S/c1-15(12-18-6-9-23(20(27)13-18)34-26(28,29)30)25-31-21-14-19(24-16(2)32-35-17(24)3)7-8-22(21)33(25)10-5-11-36-4/h6-9,13-15H,5,10-12H2,1-4H3. The molecule has 0 aliphatic rings. The second-order valence-electron chi connectivity index (χ2n) is 8.79. The first-order valence-electron chi connectivity index (χ1n) is 11.5. The summed E-state index contributed by atoms with van der Waals surface area (Å²) in [6.45, 7) is 6.53. The van der Waals surface area contributed by atoms with Gasteiger partial charge in [0.05, 0.1) is 16.7 Å². The largest absolute Gasteiger partial charge is 0.573 e. The molecule has 0 radical (unpaired) electrons. The fourth-order valence-electron chi connectivity index (χ4n) is 4.50. The van der Waals surface area contributed by atoms with Crippen molar-refractivity contribution in [2.75, 3.05) is 12.0 Å². The Labute approximate surface area is 210 Å². The van der Waals surface area contributed by atoms with Crippen LogP contribution in [0.15, 0.2) is 40.9 Å². The molecule has 36 heavy (non-hydrogen) atoms. The number of fused-ring (bicyclic) bond motifs is 1. The predicted octanol–water partition coefficient (Wildman–Crippen LogP) is 7.45. The van der Waals surface area contributed by atoms with Gasteiger partial charge in [-0.3, -0.25) is 0 Å². The van der Waals surface area contributed by atoms with Gasteiger partial charge < -0.3 is 13.8 Å². The van der Waals surface area contributed by atoms with E-state index in [1.807, 2.05) is 39.0 Å². The van der Waals surface area contributed by atoms with E-state index in [1.165, 1.54) is 6.07 Å². The van der Waals surface area contributed by atoms with Crippen LogP contribution in [0.1, 0.15) is 42.1 Å². The Morgan fingerprint density at radius 2 is 1.92 bits per heavy atom. The topological polar surface area (TPSA) is 53.1 Å². The summed E-state index contributed by atoms with van der Waals surface area (Å²) in [5.74, 6) is 0.585. The maximum absolute atomic E-state index is 14.3. The van der Waals surface area contributed by atoms with Crippen LogP contribution in [0.2, 0.25) is 0 Å². The lowest BCUT2D eigenvalue weighted by atomic mass is 10.00. The Morgan fingerprint density at radius 1 is 1.14 bits per heavy atom. The number of hydrogen-bond donors (Lipinski definition) is 0. The lowest BCUT2D eigenvalue weighted by Gasteiger charge is -2.16. The molecule has 1 unspecified atom stereocenters. The van der Waals surface area contributed by atoms with Gasteiger partial charge in [0.1, 0.15) is 11.6 Å². The molecule has 0 saturated carbocycles. The summed E-state index contributed by atoms with van der Waals surface area (Å²) in [6, 6.07) is 9.66. The molecular formula is C26H27F4N3O2S. The van der Waals surface area contributed by atoms with Crippen LogP contribution < -0.4 is 4.74 Å². The average Bonchev–Trinajstić information content (AvgIpc) is 3.34. The van der Waals surface area contributed by atoms with Crippen molar-refractivity contribution in [1.82, 2.24) is 14.7 Å². The van der Waals surface area contributed by atoms with E-state index >= 15 is 0 Å². The summed E-state index contributed by atoms with van der Waals surface area (Å²) in [5, 5.41) is 4.05. The van der Waals surface area contributed by atoms with Crippen LogP contribution in [-0.4, -0.2) is 33.1 Å². The Balaban J connectivity index is 1.67. The van der Waals surface area contributed by atoms with Gasteiger partial charge >= 0.3 is 6.36 Å². The lowest BCUT2D eigenvalue weighted by molar-refractivity contribution is -0.275. The molecule has 2 aromatic carbocycles. The summed E-state index contributed by atoms with van der Waals surface area (Å²) in [6.07, 6.45) is -1.52. The average molecular weight is 522 g/mol. The molecule has 0 N–H and O–H groups in total. The van der Waals surface area contributed by atoms with Crippen molar-refractivity contribution in [3.05, 3.63) is 65.1 Å². The van der Waals surface area contributed by atoms with Crippen LogP contribution in [0, 0.1) is 19.7 Å². The number of rotatable bonds is 9. The molecule has 0 aliphatic heterocycles. The highest BCUT2D eigenvalue weighted by Crippen LogP contribution is 2.33. The lowest BCUT2D eigenvalue weighted by Crippen LogP contribution is -2.18. The number of thioether (sulfide) groups is 1. The molecule has 2 aromatic heterocycles. The minimum atomic E-state index is -4.94. The van der Waals surface area contributed by atoms with Gasteiger partial charge in [-0.05, 0) is 74.1 Å². The number of nitrogens with zero attached hydrogens (tertiary/aromatic N) is 3. The summed E-state index contributed by atoms with van der Waals surface area (Å²) in [5.41, 5.74) is 5.11. The SMILES string of the molecule is CSCCCn1c(C(C)Cc2ccc(OC(F)(F)F)c(F)c2)nc2cc(-c3c(C)noc3C)ccc21. The highest BCUT2D eigenvalue weighted by molar-refractivity contribution is 7.98. The number of ether oxygens (including phenoxy) is 1. The van der Waals surface area contributed by atoms with Crippen molar-refractivity contribution in [2.45, 2.75) is 52.4 Å². The van der Waals surface area contributed by atoms with Crippen molar-refractivity contribution in [3.63, 3.8) is 0 Å². The van der Waals surface area contributed by atoms with E-state index in [2.05, 4.69) is 20.7 Å². The fraction of sp³-hybridized carbons (Fsp3) is 0.385. The number of imidazole rings is 1. The zero-order valence-electron chi connectivity index (χ0n) is 20.4. The van der Waals surface area contributed by atoms with Gasteiger partial charge in [0.15, 0.2) is 11.6 Å². The van der Waals surface area contributed by atoms with E-state index in [-0.39, 0.29) is 5.92 Å². The summed E-state index contributed by atoms with van der Waals surface area (Å²) < 4.78 is 63.0. The Hall–Kier alpha value is -3.01. The van der Waals surface area contributed by atoms with Gasteiger partial charge in [-0.15, -0.1) is 13.2 Å². The summed E-state index contributed by atoms with van der Waals surface area (Å²) >= 11 is 1.77. The van der Waals surface area contributed by atoms with Crippen molar-refractivity contribution in [3.8, 4) is 16.9 Å². The molecule has 192 valence electrons. The first kappa shape index (κ1) is 26.1. The number of hydrogen-bond acceptors (Lipinski definition) is 5. The molecular weight excluding hydrogens is 494 g/mol. The molecule has 0 amide bonds. The van der Waals surface area contributed by atoms with Gasteiger partial charge in [0, 0.05) is 18.0 Å². The molecule has 0 aliphatic carbocycles. The zero-order chi connectivity index (χ0) is 26.0. The minimum absolute atomic E-state index is 0.108. The van der Waals surface area contributed by atoms with E-state index < -0.39 is 17.9 Å². The van der Waals surface area contributed by atoms with Gasteiger partial charge in [0.2, 0.25) is 0 Å². The second kappa shape index (κ2) is 10.5. The number of aryl methyl sites for hydroxylation is 3. The Kier molecular flexibility index (Phi) is 7.63. The first-order valence-corrected chi connectivity index (χ1v) is 12.9. The maximum atomic E-state index is 14.3. The summed E-state index contributed by atoms with van der Waals surface area (Å²) in [4.78, 5) is 4.94. The fourth-order valence-corrected chi connectivity index (χ4v) is 4.92. The van der Waals surface area contributed by atoms with Gasteiger partial charge in [-0.25, -0.2) is 9.37 Å². The molecule has 0 saturated heterocycles. The zero-order valence-corrected chi connectivity index (χ0v) is 21.3. The Bertz CT molecular complexity index is 1340. The molecule has 4 rings (SSSR count). The van der Waals surface area contributed by atoms with Crippen LogP contribution in [0.4, 0.5) is 17.6 Å². The number of halogens is 4. The third-order valence-corrected chi connectivity index (χ3v) is 6.73.